The van der Waals surface area contributed by atoms with Crippen LogP contribution in [0.1, 0.15) is 5.56 Å². The van der Waals surface area contributed by atoms with E-state index >= 15 is 0 Å². The van der Waals surface area contributed by atoms with Crippen molar-refractivity contribution in [1.29, 1.82) is 0 Å². The third-order valence-electron chi connectivity index (χ3n) is 2.38. The van der Waals surface area contributed by atoms with Crippen LogP contribution in [0.25, 0.3) is 0 Å². The zero-order valence-electron chi connectivity index (χ0n) is 9.02. The number of phenols is 2. The van der Waals surface area contributed by atoms with E-state index in [2.05, 4.69) is 21.2 Å². The van der Waals surface area contributed by atoms with E-state index in [1.807, 2.05) is 24.3 Å². The van der Waals surface area contributed by atoms with Gasteiger partial charge < -0.3 is 15.5 Å². The number of nitrogens with one attached hydrogen (secondary N) is 1. The van der Waals surface area contributed by atoms with Crippen molar-refractivity contribution in [2.45, 2.75) is 6.54 Å². The van der Waals surface area contributed by atoms with Crippen molar-refractivity contribution in [2.75, 3.05) is 5.32 Å². The third kappa shape index (κ3) is 3.14. The summed E-state index contributed by atoms with van der Waals surface area (Å²) >= 11 is 3.37. The molecule has 0 atom stereocenters. The summed E-state index contributed by atoms with van der Waals surface area (Å²) in [4.78, 5) is 0. The maximum absolute atomic E-state index is 9.35. The zero-order chi connectivity index (χ0) is 12.3. The van der Waals surface area contributed by atoms with Gasteiger partial charge in [0.2, 0.25) is 0 Å². The molecule has 0 saturated heterocycles. The number of phenolic OH excluding ortho intramolecular Hbond substituents is 2. The van der Waals surface area contributed by atoms with E-state index < -0.39 is 0 Å². The first-order chi connectivity index (χ1) is 8.15. The lowest BCUT2D eigenvalue weighted by Crippen LogP contribution is -1.98. The van der Waals surface area contributed by atoms with Gasteiger partial charge in [-0.05, 0) is 42.0 Å². The van der Waals surface area contributed by atoms with Crippen molar-refractivity contribution in [3.8, 4) is 11.5 Å². The van der Waals surface area contributed by atoms with Gasteiger partial charge in [0, 0.05) is 16.7 Å². The van der Waals surface area contributed by atoms with Gasteiger partial charge in [0.25, 0.3) is 0 Å². The highest BCUT2D eigenvalue weighted by Crippen LogP contribution is 2.25. The number of benzene rings is 2. The molecule has 0 bridgehead atoms. The molecule has 4 heteroatoms. The molecule has 0 fully saturated rings. The van der Waals surface area contributed by atoms with Crippen LogP contribution in [0.15, 0.2) is 46.9 Å². The fraction of sp³-hybridized carbons (Fsp3) is 0.0769. The molecule has 0 aliphatic heterocycles. The van der Waals surface area contributed by atoms with Gasteiger partial charge in [-0.2, -0.15) is 0 Å². The lowest BCUT2D eigenvalue weighted by Gasteiger charge is -2.07. The second-order valence-corrected chi connectivity index (χ2v) is 4.60. The molecule has 2 rings (SSSR count). The van der Waals surface area contributed by atoms with Gasteiger partial charge >= 0.3 is 0 Å². The number of aromatic hydroxyl groups is 2. The Morgan fingerprint density at radius 3 is 2.29 bits per heavy atom. The lowest BCUT2D eigenvalue weighted by molar-refractivity contribution is 0.403. The van der Waals surface area contributed by atoms with Crippen LogP contribution < -0.4 is 5.32 Å². The summed E-state index contributed by atoms with van der Waals surface area (Å²) in [7, 11) is 0. The Balaban J connectivity index is 2.02. The summed E-state index contributed by atoms with van der Waals surface area (Å²) in [5.41, 5.74) is 1.91. The Kier molecular flexibility index (Phi) is 3.54. The minimum atomic E-state index is -0.0996. The number of rotatable bonds is 3. The van der Waals surface area contributed by atoms with Gasteiger partial charge in [-0.1, -0.05) is 22.0 Å². The SMILES string of the molecule is Oc1ccc(CNc2ccc(Br)cc2)cc1O. The predicted molar refractivity (Wildman–Crippen MR) is 71.2 cm³/mol. The van der Waals surface area contributed by atoms with E-state index in [-0.39, 0.29) is 11.5 Å². The van der Waals surface area contributed by atoms with Gasteiger partial charge in [-0.15, -0.1) is 0 Å². The van der Waals surface area contributed by atoms with Crippen LogP contribution in [0.4, 0.5) is 5.69 Å². The molecule has 88 valence electrons. The highest BCUT2D eigenvalue weighted by Gasteiger charge is 2.00. The fourth-order valence-electron chi connectivity index (χ4n) is 1.45. The Morgan fingerprint density at radius 2 is 1.65 bits per heavy atom. The molecular weight excluding hydrogens is 282 g/mol. The zero-order valence-corrected chi connectivity index (χ0v) is 10.6. The first-order valence-electron chi connectivity index (χ1n) is 5.15. The molecule has 3 nitrogen and oxygen atoms in total. The molecule has 0 spiro atoms. The minimum absolute atomic E-state index is 0.0971. The molecule has 0 amide bonds. The molecule has 17 heavy (non-hydrogen) atoms. The molecule has 0 unspecified atom stereocenters. The van der Waals surface area contributed by atoms with Crippen molar-refractivity contribution in [1.82, 2.24) is 0 Å². The Labute approximate surface area is 108 Å². The van der Waals surface area contributed by atoms with Crippen LogP contribution in [-0.4, -0.2) is 10.2 Å². The maximum atomic E-state index is 9.35. The highest BCUT2D eigenvalue weighted by molar-refractivity contribution is 9.10. The summed E-state index contributed by atoms with van der Waals surface area (Å²) in [6.07, 6.45) is 0. The monoisotopic (exact) mass is 293 g/mol. The molecule has 2 aromatic rings. The quantitative estimate of drug-likeness (QED) is 0.760. The number of hydrogen-bond acceptors (Lipinski definition) is 3. The van der Waals surface area contributed by atoms with Crippen molar-refractivity contribution in [3.63, 3.8) is 0 Å². The first kappa shape index (κ1) is 11.8. The van der Waals surface area contributed by atoms with Gasteiger partial charge in [0.1, 0.15) is 0 Å². The first-order valence-corrected chi connectivity index (χ1v) is 5.95. The van der Waals surface area contributed by atoms with Crippen molar-refractivity contribution in [3.05, 3.63) is 52.5 Å². The Bertz CT molecular complexity index is 511. The Hall–Kier alpha value is -1.68. The van der Waals surface area contributed by atoms with Crippen molar-refractivity contribution >= 4 is 21.6 Å². The number of anilines is 1. The average Bonchev–Trinajstić information content (AvgIpc) is 2.33. The topological polar surface area (TPSA) is 52.5 Å². The molecule has 3 N–H and O–H groups in total. The number of halogens is 1. The van der Waals surface area contributed by atoms with Crippen LogP contribution in [-0.2, 0) is 6.54 Å². The molecule has 0 heterocycles. The second-order valence-electron chi connectivity index (χ2n) is 3.68. The predicted octanol–water partition coefficient (Wildman–Crippen LogP) is 3.47. The molecule has 0 saturated carbocycles. The molecule has 0 aromatic heterocycles. The van der Waals surface area contributed by atoms with Gasteiger partial charge in [-0.25, -0.2) is 0 Å². The largest absolute Gasteiger partial charge is 0.504 e. The van der Waals surface area contributed by atoms with E-state index in [0.29, 0.717) is 6.54 Å². The molecule has 0 aliphatic rings. The lowest BCUT2D eigenvalue weighted by atomic mass is 10.2. The average molecular weight is 294 g/mol. The standard InChI is InChI=1S/C13H12BrNO2/c14-10-2-4-11(5-3-10)15-8-9-1-6-12(16)13(17)7-9/h1-7,15-17H,8H2. The summed E-state index contributed by atoms with van der Waals surface area (Å²) in [5.74, 6) is -0.197. The van der Waals surface area contributed by atoms with E-state index in [4.69, 9.17) is 0 Å². The smallest absolute Gasteiger partial charge is 0.157 e. The van der Waals surface area contributed by atoms with Crippen LogP contribution >= 0.6 is 15.9 Å². The normalized spacial score (nSPS) is 10.2. The van der Waals surface area contributed by atoms with Crippen LogP contribution in [0.2, 0.25) is 0 Å². The molecule has 0 aliphatic carbocycles. The summed E-state index contributed by atoms with van der Waals surface area (Å²) in [6.45, 7) is 0.593. The van der Waals surface area contributed by atoms with Gasteiger partial charge in [0.05, 0.1) is 0 Å². The minimum Gasteiger partial charge on any atom is -0.504 e. The number of hydrogen-bond donors (Lipinski definition) is 3. The van der Waals surface area contributed by atoms with Crippen molar-refractivity contribution in [2.24, 2.45) is 0 Å². The Morgan fingerprint density at radius 1 is 0.941 bits per heavy atom. The van der Waals surface area contributed by atoms with E-state index in [0.717, 1.165) is 15.7 Å². The highest BCUT2D eigenvalue weighted by atomic mass is 79.9. The maximum Gasteiger partial charge on any atom is 0.157 e. The fourth-order valence-corrected chi connectivity index (χ4v) is 1.72. The molecule has 2 aromatic carbocycles. The molecular formula is C13H12BrNO2. The third-order valence-corrected chi connectivity index (χ3v) is 2.91. The van der Waals surface area contributed by atoms with Crippen molar-refractivity contribution < 1.29 is 10.2 Å². The van der Waals surface area contributed by atoms with E-state index in [9.17, 15) is 10.2 Å². The van der Waals surface area contributed by atoms with Crippen LogP contribution in [0.5, 0.6) is 11.5 Å². The van der Waals surface area contributed by atoms with Crippen LogP contribution in [0, 0.1) is 0 Å². The second kappa shape index (κ2) is 5.10. The summed E-state index contributed by atoms with van der Waals surface area (Å²) in [6, 6.07) is 12.6. The van der Waals surface area contributed by atoms with Gasteiger partial charge in [0.15, 0.2) is 11.5 Å². The van der Waals surface area contributed by atoms with Gasteiger partial charge in [-0.3, -0.25) is 0 Å². The summed E-state index contributed by atoms with van der Waals surface area (Å²) < 4.78 is 1.03. The van der Waals surface area contributed by atoms with Crippen LogP contribution in [0.3, 0.4) is 0 Å². The van der Waals surface area contributed by atoms with E-state index in [1.54, 1.807) is 12.1 Å². The summed E-state index contributed by atoms with van der Waals surface area (Å²) in [5, 5.41) is 21.8. The molecule has 0 radical (unpaired) electrons. The van der Waals surface area contributed by atoms with E-state index in [1.165, 1.54) is 6.07 Å².